The highest BCUT2D eigenvalue weighted by atomic mass is 32.2. The third kappa shape index (κ3) is 5.21. The number of carbonyl (C=O) groups is 1. The molecule has 8 heteroatoms. The summed E-state index contributed by atoms with van der Waals surface area (Å²) in [6, 6.07) is 11.3. The lowest BCUT2D eigenvalue weighted by molar-refractivity contribution is 0.0912. The standard InChI is InChI=1S/C21H26N4O3S/c1-24(2)17(16-7-5-6-8-18(16)27-4)13-23-20(26)19-10-9-15(28-19)14-29-21-22-11-12-25(21)3/h5-12,17H,13-14H2,1-4H3,(H,23,26). The van der Waals surface area contributed by atoms with Crippen molar-refractivity contribution in [1.29, 1.82) is 0 Å². The lowest BCUT2D eigenvalue weighted by atomic mass is 10.0. The summed E-state index contributed by atoms with van der Waals surface area (Å²) in [5, 5.41) is 3.87. The van der Waals surface area contributed by atoms with E-state index >= 15 is 0 Å². The number of ether oxygens (including phenoxy) is 1. The van der Waals surface area contributed by atoms with Crippen molar-refractivity contribution >= 4 is 17.7 Å². The highest BCUT2D eigenvalue weighted by molar-refractivity contribution is 7.98. The van der Waals surface area contributed by atoms with Crippen molar-refractivity contribution in [2.45, 2.75) is 17.0 Å². The van der Waals surface area contributed by atoms with E-state index in [4.69, 9.17) is 9.15 Å². The summed E-state index contributed by atoms with van der Waals surface area (Å²) >= 11 is 1.56. The molecule has 154 valence electrons. The van der Waals surface area contributed by atoms with E-state index in [2.05, 4.69) is 15.2 Å². The zero-order valence-corrected chi connectivity index (χ0v) is 17.9. The third-order valence-electron chi connectivity index (χ3n) is 4.58. The number of hydrogen-bond donors (Lipinski definition) is 1. The van der Waals surface area contributed by atoms with Gasteiger partial charge < -0.3 is 23.9 Å². The Labute approximate surface area is 175 Å². The van der Waals surface area contributed by atoms with Gasteiger partial charge in [-0.3, -0.25) is 4.79 Å². The number of benzene rings is 1. The monoisotopic (exact) mass is 414 g/mol. The van der Waals surface area contributed by atoms with Crippen molar-refractivity contribution in [2.75, 3.05) is 27.7 Å². The number of methoxy groups -OCH3 is 1. The number of imidazole rings is 1. The maximum Gasteiger partial charge on any atom is 0.287 e. The highest BCUT2D eigenvalue weighted by Gasteiger charge is 2.20. The van der Waals surface area contributed by atoms with Crippen molar-refractivity contribution < 1.29 is 13.9 Å². The van der Waals surface area contributed by atoms with E-state index in [0.717, 1.165) is 22.2 Å². The van der Waals surface area contributed by atoms with E-state index in [1.807, 2.05) is 62.2 Å². The second-order valence-electron chi connectivity index (χ2n) is 6.81. The van der Waals surface area contributed by atoms with Crippen LogP contribution in [0.15, 0.2) is 58.4 Å². The number of nitrogens with zero attached hydrogens (tertiary/aromatic N) is 3. The van der Waals surface area contributed by atoms with Gasteiger partial charge in [-0.25, -0.2) is 4.98 Å². The predicted molar refractivity (Wildman–Crippen MR) is 113 cm³/mol. The predicted octanol–water partition coefficient (Wildman–Crippen LogP) is 3.35. The molecule has 1 N–H and O–H groups in total. The van der Waals surface area contributed by atoms with Gasteiger partial charge >= 0.3 is 0 Å². The van der Waals surface area contributed by atoms with Crippen LogP contribution in [0.25, 0.3) is 0 Å². The Bertz CT molecular complexity index is 951. The second kappa shape index (κ2) is 9.67. The molecule has 3 aromatic rings. The molecule has 1 atom stereocenters. The number of amides is 1. The van der Waals surface area contributed by atoms with Crippen LogP contribution < -0.4 is 10.1 Å². The molecule has 1 unspecified atom stereocenters. The minimum absolute atomic E-state index is 0.0245. The van der Waals surface area contributed by atoms with Gasteiger partial charge in [0.2, 0.25) is 0 Å². The largest absolute Gasteiger partial charge is 0.496 e. The molecule has 7 nitrogen and oxygen atoms in total. The van der Waals surface area contributed by atoms with Gasteiger partial charge in [-0.15, -0.1) is 0 Å². The van der Waals surface area contributed by atoms with Crippen molar-refractivity contribution in [2.24, 2.45) is 7.05 Å². The van der Waals surface area contributed by atoms with E-state index in [0.29, 0.717) is 18.1 Å². The lowest BCUT2D eigenvalue weighted by Crippen LogP contribution is -2.34. The maximum absolute atomic E-state index is 12.6. The molecule has 29 heavy (non-hydrogen) atoms. The Morgan fingerprint density at radius 2 is 2.10 bits per heavy atom. The summed E-state index contributed by atoms with van der Waals surface area (Å²) in [6.07, 6.45) is 3.65. The van der Waals surface area contributed by atoms with Crippen LogP contribution in [0.3, 0.4) is 0 Å². The molecule has 0 saturated heterocycles. The summed E-state index contributed by atoms with van der Waals surface area (Å²) < 4.78 is 13.1. The number of aromatic nitrogens is 2. The maximum atomic E-state index is 12.6. The molecule has 0 fully saturated rings. The Kier molecular flexibility index (Phi) is 7.00. The number of rotatable bonds is 9. The van der Waals surface area contributed by atoms with Gasteiger partial charge in [0.15, 0.2) is 10.9 Å². The molecule has 1 aromatic carbocycles. The first-order valence-electron chi connectivity index (χ1n) is 9.26. The summed E-state index contributed by atoms with van der Waals surface area (Å²) in [6.45, 7) is 0.435. The van der Waals surface area contributed by atoms with E-state index in [1.165, 1.54) is 0 Å². The molecular weight excluding hydrogens is 388 g/mol. The summed E-state index contributed by atoms with van der Waals surface area (Å²) in [4.78, 5) is 18.9. The smallest absolute Gasteiger partial charge is 0.287 e. The van der Waals surface area contributed by atoms with E-state index in [-0.39, 0.29) is 11.9 Å². The molecule has 0 bridgehead atoms. The Morgan fingerprint density at radius 3 is 2.79 bits per heavy atom. The highest BCUT2D eigenvalue weighted by Crippen LogP contribution is 2.27. The number of aryl methyl sites for hydroxylation is 1. The number of furan rings is 1. The van der Waals surface area contributed by atoms with E-state index in [9.17, 15) is 4.79 Å². The molecule has 1 amide bonds. The molecule has 3 rings (SSSR count). The summed E-state index contributed by atoms with van der Waals surface area (Å²) in [5.41, 5.74) is 1.02. The van der Waals surface area contributed by atoms with Gasteiger partial charge in [-0.2, -0.15) is 0 Å². The number of hydrogen-bond acceptors (Lipinski definition) is 6. The number of thioether (sulfide) groups is 1. The van der Waals surface area contributed by atoms with Crippen LogP contribution in [0.1, 0.15) is 27.9 Å². The molecule has 0 aliphatic rings. The lowest BCUT2D eigenvalue weighted by Gasteiger charge is -2.26. The SMILES string of the molecule is COc1ccccc1C(CNC(=O)c1ccc(CSc2nccn2C)o1)N(C)C. The second-order valence-corrected chi connectivity index (χ2v) is 7.75. The summed E-state index contributed by atoms with van der Waals surface area (Å²) in [7, 11) is 7.54. The Hall–Kier alpha value is -2.71. The van der Waals surface area contributed by atoms with Gasteiger partial charge in [-0.05, 0) is 32.3 Å². The minimum atomic E-state index is -0.236. The normalized spacial score (nSPS) is 12.2. The first-order chi connectivity index (χ1) is 14.0. The molecule has 2 heterocycles. The van der Waals surface area contributed by atoms with E-state index < -0.39 is 0 Å². The van der Waals surface area contributed by atoms with Gasteiger partial charge in [0.05, 0.1) is 18.9 Å². The van der Waals surface area contributed by atoms with Crippen LogP contribution in [0.2, 0.25) is 0 Å². The van der Waals surface area contributed by atoms with Gasteiger partial charge in [-0.1, -0.05) is 30.0 Å². The number of likely N-dealkylation sites (N-methyl/N-ethyl adjacent to an activating group) is 1. The zero-order chi connectivity index (χ0) is 20.8. The van der Waals surface area contributed by atoms with Gasteiger partial charge in [0, 0.05) is 31.5 Å². The molecular formula is C21H26N4O3S. The number of carbonyl (C=O) groups excluding carboxylic acids is 1. The average Bonchev–Trinajstić information content (AvgIpc) is 3.35. The molecule has 0 radical (unpaired) electrons. The number of para-hydroxylation sites is 1. The molecule has 0 saturated carbocycles. The van der Waals surface area contributed by atoms with Crippen molar-refractivity contribution in [3.63, 3.8) is 0 Å². The van der Waals surface area contributed by atoms with Crippen LogP contribution in [0, 0.1) is 0 Å². The Morgan fingerprint density at radius 1 is 1.31 bits per heavy atom. The minimum Gasteiger partial charge on any atom is -0.496 e. The van der Waals surface area contributed by atoms with Crippen LogP contribution in [0.5, 0.6) is 5.75 Å². The zero-order valence-electron chi connectivity index (χ0n) is 17.1. The quantitative estimate of drug-likeness (QED) is 0.542. The summed E-state index contributed by atoms with van der Waals surface area (Å²) in [5.74, 6) is 2.21. The fourth-order valence-corrected chi connectivity index (χ4v) is 3.82. The topological polar surface area (TPSA) is 72.5 Å². The number of nitrogens with one attached hydrogen (secondary N) is 1. The molecule has 0 aliphatic carbocycles. The molecule has 2 aromatic heterocycles. The van der Waals surface area contributed by atoms with E-state index in [1.54, 1.807) is 31.1 Å². The molecule has 0 aliphatic heterocycles. The van der Waals surface area contributed by atoms with Crippen LogP contribution >= 0.6 is 11.8 Å². The third-order valence-corrected chi connectivity index (χ3v) is 5.66. The van der Waals surface area contributed by atoms with Gasteiger partial charge in [0.1, 0.15) is 11.5 Å². The fourth-order valence-electron chi connectivity index (χ4n) is 2.99. The molecule has 0 spiro atoms. The van der Waals surface area contributed by atoms with Crippen molar-refractivity contribution in [3.8, 4) is 5.75 Å². The van der Waals surface area contributed by atoms with Gasteiger partial charge in [0.25, 0.3) is 5.91 Å². The van der Waals surface area contributed by atoms with Crippen LogP contribution in [0.4, 0.5) is 0 Å². The van der Waals surface area contributed by atoms with Crippen molar-refractivity contribution in [3.05, 3.63) is 65.9 Å². The van der Waals surface area contributed by atoms with Crippen molar-refractivity contribution in [1.82, 2.24) is 19.8 Å². The van der Waals surface area contributed by atoms with Crippen LogP contribution in [-0.2, 0) is 12.8 Å². The first kappa shape index (κ1) is 21.0. The first-order valence-corrected chi connectivity index (χ1v) is 10.2. The fraction of sp³-hybridized carbons (Fsp3) is 0.333. The Balaban J connectivity index is 1.60. The van der Waals surface area contributed by atoms with Crippen LogP contribution in [-0.4, -0.2) is 48.1 Å². The average molecular weight is 415 g/mol.